The van der Waals surface area contributed by atoms with Gasteiger partial charge in [-0.2, -0.15) is 0 Å². The van der Waals surface area contributed by atoms with Gasteiger partial charge in [0.25, 0.3) is 5.56 Å². The van der Waals surface area contributed by atoms with Crippen molar-refractivity contribution in [1.82, 2.24) is 4.57 Å². The lowest BCUT2D eigenvalue weighted by molar-refractivity contribution is -0.139. The van der Waals surface area contributed by atoms with Crippen molar-refractivity contribution >= 4 is 39.3 Å². The van der Waals surface area contributed by atoms with Gasteiger partial charge in [-0.1, -0.05) is 52.4 Å². The number of nitrogens with zero attached hydrogens (tertiary/aromatic N) is 2. The number of carbonyl (C=O) groups excluding carboxylic acids is 1. The lowest BCUT2D eigenvalue weighted by atomic mass is 9.95. The molecule has 0 aliphatic carbocycles. The second-order valence-corrected chi connectivity index (χ2v) is 9.82. The fraction of sp³-hybridized carbons (Fsp3) is 0.269. The number of thiazole rings is 1. The summed E-state index contributed by atoms with van der Waals surface area (Å²) in [5, 5.41) is 10.3. The smallest absolute Gasteiger partial charge is 0.338 e. The molecule has 0 bridgehead atoms. The Morgan fingerprint density at radius 2 is 2.03 bits per heavy atom. The van der Waals surface area contributed by atoms with Crippen molar-refractivity contribution < 1.29 is 19.4 Å². The molecule has 2 aromatic carbocycles. The summed E-state index contributed by atoms with van der Waals surface area (Å²) in [6.45, 7) is 6.19. The van der Waals surface area contributed by atoms with Gasteiger partial charge in [0.15, 0.2) is 4.80 Å². The van der Waals surface area contributed by atoms with Gasteiger partial charge in [-0.05, 0) is 50.6 Å². The minimum absolute atomic E-state index is 0.0530. The van der Waals surface area contributed by atoms with E-state index < -0.39 is 12.0 Å². The van der Waals surface area contributed by atoms with Gasteiger partial charge in [-0.15, -0.1) is 0 Å². The minimum Gasteiger partial charge on any atom is -0.507 e. The van der Waals surface area contributed by atoms with E-state index in [9.17, 15) is 14.7 Å². The number of aromatic hydroxyl groups is 1. The standard InChI is InChI=1S/C26H25BrN2O5S/c1-4-12-34-20-9-7-6-8-18(20)23-22(25(32)33-5-2)15(3)28-26-29(23)24(31)21(35-26)14-16-13-17(27)10-11-19(16)30/h6-11,13-14,23,30H,4-5,12H2,1-3H3/t23-/m0/s1. The Kier molecular flexibility index (Phi) is 7.57. The first-order valence-electron chi connectivity index (χ1n) is 11.3. The number of halogens is 1. The molecule has 1 atom stereocenters. The largest absolute Gasteiger partial charge is 0.507 e. The van der Waals surface area contributed by atoms with Gasteiger partial charge in [-0.3, -0.25) is 9.36 Å². The van der Waals surface area contributed by atoms with E-state index in [0.717, 1.165) is 10.9 Å². The molecule has 1 aliphatic rings. The monoisotopic (exact) mass is 556 g/mol. The molecular formula is C26H25BrN2O5S. The maximum absolute atomic E-state index is 13.7. The number of phenols is 1. The number of hydrogen-bond donors (Lipinski definition) is 1. The van der Waals surface area contributed by atoms with Crippen LogP contribution in [0, 0.1) is 0 Å². The van der Waals surface area contributed by atoms with Crippen molar-refractivity contribution in [3.05, 3.63) is 89.0 Å². The van der Waals surface area contributed by atoms with E-state index in [4.69, 9.17) is 9.47 Å². The average molecular weight is 557 g/mol. The second-order valence-electron chi connectivity index (χ2n) is 7.89. The van der Waals surface area contributed by atoms with Crippen molar-refractivity contribution in [3.8, 4) is 11.5 Å². The van der Waals surface area contributed by atoms with Crippen LogP contribution >= 0.6 is 27.3 Å². The molecule has 1 aliphatic heterocycles. The third kappa shape index (κ3) is 4.97. The van der Waals surface area contributed by atoms with E-state index in [-0.39, 0.29) is 17.9 Å². The van der Waals surface area contributed by atoms with Gasteiger partial charge in [-0.25, -0.2) is 9.79 Å². The lowest BCUT2D eigenvalue weighted by Crippen LogP contribution is -2.40. The van der Waals surface area contributed by atoms with Crippen LogP contribution < -0.4 is 19.6 Å². The highest BCUT2D eigenvalue weighted by Gasteiger charge is 2.35. The van der Waals surface area contributed by atoms with Gasteiger partial charge in [0.2, 0.25) is 0 Å². The summed E-state index contributed by atoms with van der Waals surface area (Å²) in [6, 6.07) is 11.6. The van der Waals surface area contributed by atoms with Gasteiger partial charge < -0.3 is 14.6 Å². The van der Waals surface area contributed by atoms with Crippen LogP contribution in [0.1, 0.15) is 44.4 Å². The Bertz CT molecular complexity index is 1490. The van der Waals surface area contributed by atoms with Crippen molar-refractivity contribution in [2.24, 2.45) is 4.99 Å². The maximum atomic E-state index is 13.7. The highest BCUT2D eigenvalue weighted by molar-refractivity contribution is 9.10. The van der Waals surface area contributed by atoms with Crippen LogP contribution in [0.5, 0.6) is 11.5 Å². The molecule has 0 radical (unpaired) electrons. The molecule has 0 saturated carbocycles. The Morgan fingerprint density at radius 1 is 1.26 bits per heavy atom. The van der Waals surface area contributed by atoms with E-state index >= 15 is 0 Å². The number of aromatic nitrogens is 1. The Hall–Kier alpha value is -3.17. The summed E-state index contributed by atoms with van der Waals surface area (Å²) in [5.74, 6) is 0.121. The number of para-hydroxylation sites is 1. The first kappa shape index (κ1) is 24.9. The molecule has 0 unspecified atom stereocenters. The second kappa shape index (κ2) is 10.6. The molecule has 35 heavy (non-hydrogen) atoms. The predicted molar refractivity (Wildman–Crippen MR) is 138 cm³/mol. The fourth-order valence-corrected chi connectivity index (χ4v) is 5.33. The molecule has 3 aromatic rings. The molecule has 0 fully saturated rings. The first-order chi connectivity index (χ1) is 16.8. The summed E-state index contributed by atoms with van der Waals surface area (Å²) >= 11 is 4.60. The first-order valence-corrected chi connectivity index (χ1v) is 12.9. The van der Waals surface area contributed by atoms with Crippen molar-refractivity contribution in [1.29, 1.82) is 0 Å². The van der Waals surface area contributed by atoms with Crippen LogP contribution in [0.25, 0.3) is 6.08 Å². The number of carbonyl (C=O) groups is 1. The SMILES string of the molecule is CCCOc1ccccc1[C@H]1C(C(=O)OCC)=C(C)N=c2sc(=Cc3cc(Br)ccc3O)c(=O)n21. The van der Waals surface area contributed by atoms with E-state index in [0.29, 0.717) is 44.1 Å². The zero-order chi connectivity index (χ0) is 25.1. The van der Waals surface area contributed by atoms with Crippen LogP contribution in [0.2, 0.25) is 0 Å². The summed E-state index contributed by atoms with van der Waals surface area (Å²) < 4.78 is 14.0. The van der Waals surface area contributed by atoms with Crippen LogP contribution in [0.15, 0.2) is 68.0 Å². The topological polar surface area (TPSA) is 90.1 Å². The number of ether oxygens (including phenoxy) is 2. The van der Waals surface area contributed by atoms with E-state index in [2.05, 4.69) is 20.9 Å². The van der Waals surface area contributed by atoms with Crippen molar-refractivity contribution in [3.63, 3.8) is 0 Å². The third-order valence-corrected chi connectivity index (χ3v) is 6.94. The molecule has 0 amide bonds. The molecule has 0 saturated heterocycles. The Balaban J connectivity index is 1.98. The molecule has 182 valence electrons. The minimum atomic E-state index is -0.767. The molecule has 2 heterocycles. The van der Waals surface area contributed by atoms with Gasteiger partial charge in [0.1, 0.15) is 17.5 Å². The Labute approximate surface area is 214 Å². The van der Waals surface area contributed by atoms with E-state index in [1.165, 1.54) is 15.9 Å². The van der Waals surface area contributed by atoms with Gasteiger partial charge in [0, 0.05) is 15.6 Å². The average Bonchev–Trinajstić information content (AvgIpc) is 3.14. The summed E-state index contributed by atoms with van der Waals surface area (Å²) in [7, 11) is 0. The number of phenolic OH excluding ortho intramolecular Hbond substituents is 1. The van der Waals surface area contributed by atoms with Gasteiger partial charge >= 0.3 is 5.97 Å². The van der Waals surface area contributed by atoms with Crippen LogP contribution in [0.3, 0.4) is 0 Å². The van der Waals surface area contributed by atoms with Crippen LogP contribution in [-0.4, -0.2) is 28.9 Å². The Morgan fingerprint density at radius 3 is 2.77 bits per heavy atom. The maximum Gasteiger partial charge on any atom is 0.338 e. The third-order valence-electron chi connectivity index (χ3n) is 5.47. The summed E-state index contributed by atoms with van der Waals surface area (Å²) in [6.07, 6.45) is 2.44. The van der Waals surface area contributed by atoms with Crippen LogP contribution in [-0.2, 0) is 9.53 Å². The number of fused-ring (bicyclic) bond motifs is 1. The van der Waals surface area contributed by atoms with E-state index in [1.54, 1.807) is 38.1 Å². The zero-order valence-electron chi connectivity index (χ0n) is 19.6. The molecule has 7 nitrogen and oxygen atoms in total. The molecule has 9 heteroatoms. The fourth-order valence-electron chi connectivity index (χ4n) is 3.92. The van der Waals surface area contributed by atoms with Crippen molar-refractivity contribution in [2.45, 2.75) is 33.2 Å². The molecule has 0 spiro atoms. The number of allylic oxidation sites excluding steroid dienone is 1. The quantitative estimate of drug-likeness (QED) is 0.443. The summed E-state index contributed by atoms with van der Waals surface area (Å²) in [5.41, 5.74) is 1.63. The predicted octanol–water partition coefficient (Wildman–Crippen LogP) is 4.06. The highest BCUT2D eigenvalue weighted by atomic mass is 79.9. The molecule has 1 aromatic heterocycles. The number of esters is 1. The highest BCUT2D eigenvalue weighted by Crippen LogP contribution is 2.36. The molecule has 1 N–H and O–H groups in total. The number of rotatable bonds is 7. The van der Waals surface area contributed by atoms with Crippen molar-refractivity contribution in [2.75, 3.05) is 13.2 Å². The lowest BCUT2D eigenvalue weighted by Gasteiger charge is -2.26. The van der Waals surface area contributed by atoms with Gasteiger partial charge in [0.05, 0.1) is 29.0 Å². The number of benzene rings is 2. The van der Waals surface area contributed by atoms with E-state index in [1.807, 2.05) is 31.2 Å². The van der Waals surface area contributed by atoms with Crippen LogP contribution in [0.4, 0.5) is 0 Å². The summed E-state index contributed by atoms with van der Waals surface area (Å²) in [4.78, 5) is 31.9. The molecular weight excluding hydrogens is 532 g/mol. The number of hydrogen-bond acceptors (Lipinski definition) is 7. The zero-order valence-corrected chi connectivity index (χ0v) is 22.0. The molecule has 4 rings (SSSR count). The normalized spacial score (nSPS) is 15.5.